The largest absolute Gasteiger partial charge is 0.466 e. The van der Waals surface area contributed by atoms with Gasteiger partial charge in [0.2, 0.25) is 11.8 Å². The number of ether oxygens (including phenoxy) is 1. The number of anilines is 2. The average Bonchev–Trinajstić information content (AvgIpc) is 2.79. The van der Waals surface area contributed by atoms with Gasteiger partial charge < -0.3 is 19.9 Å². The van der Waals surface area contributed by atoms with Gasteiger partial charge in [0.25, 0.3) is 0 Å². The number of carbonyl (C=O) groups is 3. The number of carbonyl (C=O) groups excluding carboxylic acids is 3. The van der Waals surface area contributed by atoms with Crippen LogP contribution in [-0.2, 0) is 19.1 Å². The van der Waals surface area contributed by atoms with Crippen LogP contribution in [0, 0.1) is 5.92 Å². The molecule has 1 aromatic carbocycles. The van der Waals surface area contributed by atoms with Crippen molar-refractivity contribution in [1.82, 2.24) is 4.90 Å². The second-order valence-electron chi connectivity index (χ2n) is 8.05. The Bertz CT molecular complexity index is 720. The molecule has 2 amide bonds. The second kappa shape index (κ2) is 11.0. The molecule has 1 saturated carbocycles. The van der Waals surface area contributed by atoms with Crippen LogP contribution in [-0.4, -0.2) is 55.5 Å². The highest BCUT2D eigenvalue weighted by Gasteiger charge is 2.28. The van der Waals surface area contributed by atoms with Crippen molar-refractivity contribution >= 4 is 29.2 Å². The van der Waals surface area contributed by atoms with E-state index in [1.54, 1.807) is 6.92 Å². The summed E-state index contributed by atoms with van der Waals surface area (Å²) < 4.78 is 4.83. The maximum absolute atomic E-state index is 12.7. The number of nitrogens with one attached hydrogen (secondary N) is 1. The highest BCUT2D eigenvalue weighted by molar-refractivity contribution is 5.92. The minimum atomic E-state index is -0.357. The van der Waals surface area contributed by atoms with Gasteiger partial charge in [-0.25, -0.2) is 0 Å². The molecule has 7 heteroatoms. The van der Waals surface area contributed by atoms with E-state index in [0.717, 1.165) is 44.7 Å². The van der Waals surface area contributed by atoms with E-state index in [1.165, 1.54) is 19.3 Å². The van der Waals surface area contributed by atoms with E-state index >= 15 is 0 Å². The number of hydrogen-bond acceptors (Lipinski definition) is 5. The summed E-state index contributed by atoms with van der Waals surface area (Å²) in [6, 6.07) is 7.72. The van der Waals surface area contributed by atoms with Crippen molar-refractivity contribution < 1.29 is 19.1 Å². The van der Waals surface area contributed by atoms with Gasteiger partial charge >= 0.3 is 5.97 Å². The van der Waals surface area contributed by atoms with Crippen LogP contribution in [0.5, 0.6) is 0 Å². The Hall–Kier alpha value is -2.57. The highest BCUT2D eigenvalue weighted by atomic mass is 16.5. The molecule has 0 unspecified atom stereocenters. The summed E-state index contributed by atoms with van der Waals surface area (Å²) in [5, 5.41) is 2.81. The SMILES string of the molecule is CCOC(=O)CCC(=O)Nc1ccc(N2CCN(C(=O)C3CCCCC3)CC2)cc1. The van der Waals surface area contributed by atoms with E-state index in [4.69, 9.17) is 4.74 Å². The minimum Gasteiger partial charge on any atom is -0.466 e. The summed E-state index contributed by atoms with van der Waals surface area (Å²) in [6.45, 7) is 5.25. The third-order valence-corrected chi connectivity index (χ3v) is 5.92. The third kappa shape index (κ3) is 6.21. The number of esters is 1. The Morgan fingerprint density at radius 2 is 1.63 bits per heavy atom. The normalized spacial score (nSPS) is 17.5. The van der Waals surface area contributed by atoms with E-state index < -0.39 is 0 Å². The molecule has 0 bridgehead atoms. The van der Waals surface area contributed by atoms with Gasteiger partial charge in [-0.2, -0.15) is 0 Å². The van der Waals surface area contributed by atoms with Gasteiger partial charge in [0.1, 0.15) is 0 Å². The lowest BCUT2D eigenvalue weighted by atomic mass is 9.88. The molecule has 2 aliphatic rings. The predicted molar refractivity (Wildman–Crippen MR) is 116 cm³/mol. The fourth-order valence-corrected chi connectivity index (χ4v) is 4.22. The molecule has 1 aliphatic carbocycles. The minimum absolute atomic E-state index is 0.0849. The molecule has 30 heavy (non-hydrogen) atoms. The van der Waals surface area contributed by atoms with Gasteiger partial charge in [0.05, 0.1) is 13.0 Å². The quantitative estimate of drug-likeness (QED) is 0.692. The Labute approximate surface area is 178 Å². The Kier molecular flexibility index (Phi) is 8.11. The van der Waals surface area contributed by atoms with E-state index in [-0.39, 0.29) is 30.6 Å². The number of amides is 2. The molecule has 1 aliphatic heterocycles. The maximum Gasteiger partial charge on any atom is 0.306 e. The lowest BCUT2D eigenvalue weighted by Gasteiger charge is -2.38. The fraction of sp³-hybridized carbons (Fsp3) is 0.609. The van der Waals surface area contributed by atoms with Crippen molar-refractivity contribution in [2.45, 2.75) is 51.9 Å². The van der Waals surface area contributed by atoms with Crippen LogP contribution in [0.15, 0.2) is 24.3 Å². The van der Waals surface area contributed by atoms with E-state index in [0.29, 0.717) is 18.2 Å². The maximum atomic E-state index is 12.7. The summed E-state index contributed by atoms with van der Waals surface area (Å²) in [5.74, 6) is 0.0157. The molecule has 7 nitrogen and oxygen atoms in total. The number of rotatable bonds is 7. The van der Waals surface area contributed by atoms with Crippen molar-refractivity contribution in [1.29, 1.82) is 0 Å². The first kappa shape index (κ1) is 22.1. The third-order valence-electron chi connectivity index (χ3n) is 5.92. The predicted octanol–water partition coefficient (Wildman–Crippen LogP) is 3.20. The molecule has 3 rings (SSSR count). The van der Waals surface area contributed by atoms with Crippen molar-refractivity contribution in [2.75, 3.05) is 43.0 Å². The zero-order valence-electron chi connectivity index (χ0n) is 17.9. The van der Waals surface area contributed by atoms with E-state index in [1.807, 2.05) is 29.2 Å². The molecule has 0 spiro atoms. The van der Waals surface area contributed by atoms with Gasteiger partial charge in [0.15, 0.2) is 0 Å². The highest BCUT2D eigenvalue weighted by Crippen LogP contribution is 2.26. The Balaban J connectivity index is 1.43. The number of piperazine rings is 1. The first-order valence-electron chi connectivity index (χ1n) is 11.2. The zero-order valence-corrected chi connectivity index (χ0v) is 17.9. The van der Waals surface area contributed by atoms with Crippen molar-refractivity contribution in [3.05, 3.63) is 24.3 Å². The second-order valence-corrected chi connectivity index (χ2v) is 8.05. The molecule has 0 radical (unpaired) electrons. The standard InChI is InChI=1S/C23H33N3O4/c1-2-30-22(28)13-12-21(27)24-19-8-10-20(11-9-19)25-14-16-26(17-15-25)23(29)18-6-4-3-5-7-18/h8-11,18H,2-7,12-17H2,1H3,(H,24,27). The smallest absolute Gasteiger partial charge is 0.306 e. The van der Waals surface area contributed by atoms with Crippen LogP contribution >= 0.6 is 0 Å². The molecule has 0 atom stereocenters. The van der Waals surface area contributed by atoms with Crippen LogP contribution in [0.25, 0.3) is 0 Å². The molecular weight excluding hydrogens is 382 g/mol. The number of nitrogens with zero attached hydrogens (tertiary/aromatic N) is 2. The molecule has 164 valence electrons. The lowest BCUT2D eigenvalue weighted by Crippen LogP contribution is -2.50. The fourth-order valence-electron chi connectivity index (χ4n) is 4.22. The van der Waals surface area contributed by atoms with E-state index in [9.17, 15) is 14.4 Å². The van der Waals surface area contributed by atoms with Crippen LogP contribution in [0.2, 0.25) is 0 Å². The van der Waals surface area contributed by atoms with Crippen LogP contribution in [0.3, 0.4) is 0 Å². The van der Waals surface area contributed by atoms with Crippen molar-refractivity contribution in [3.8, 4) is 0 Å². The number of benzene rings is 1. The first-order chi connectivity index (χ1) is 14.6. The molecule has 1 aromatic rings. The number of hydrogen-bond donors (Lipinski definition) is 1. The molecule has 0 aromatic heterocycles. The topological polar surface area (TPSA) is 79.0 Å². The molecular formula is C23H33N3O4. The monoisotopic (exact) mass is 415 g/mol. The molecule has 1 saturated heterocycles. The van der Waals surface area contributed by atoms with Gasteiger partial charge in [0, 0.05) is 49.9 Å². The Morgan fingerprint density at radius 3 is 2.27 bits per heavy atom. The van der Waals surface area contributed by atoms with Gasteiger partial charge in [-0.1, -0.05) is 19.3 Å². The summed E-state index contributed by atoms with van der Waals surface area (Å²) in [7, 11) is 0. The molecule has 1 N–H and O–H groups in total. The van der Waals surface area contributed by atoms with E-state index in [2.05, 4.69) is 10.2 Å². The van der Waals surface area contributed by atoms with Gasteiger partial charge in [-0.15, -0.1) is 0 Å². The molecule has 1 heterocycles. The van der Waals surface area contributed by atoms with Gasteiger partial charge in [-0.3, -0.25) is 14.4 Å². The van der Waals surface area contributed by atoms with Crippen LogP contribution in [0.1, 0.15) is 51.9 Å². The summed E-state index contributed by atoms with van der Waals surface area (Å²) in [5.41, 5.74) is 1.79. The van der Waals surface area contributed by atoms with Crippen LogP contribution < -0.4 is 10.2 Å². The van der Waals surface area contributed by atoms with Crippen molar-refractivity contribution in [3.63, 3.8) is 0 Å². The summed E-state index contributed by atoms with van der Waals surface area (Å²) in [6.07, 6.45) is 5.92. The van der Waals surface area contributed by atoms with Gasteiger partial charge in [-0.05, 0) is 44.0 Å². The summed E-state index contributed by atoms with van der Waals surface area (Å²) >= 11 is 0. The lowest BCUT2D eigenvalue weighted by molar-refractivity contribution is -0.144. The molecule has 2 fully saturated rings. The van der Waals surface area contributed by atoms with Crippen molar-refractivity contribution in [2.24, 2.45) is 5.92 Å². The average molecular weight is 416 g/mol. The Morgan fingerprint density at radius 1 is 0.967 bits per heavy atom. The van der Waals surface area contributed by atoms with Crippen LogP contribution in [0.4, 0.5) is 11.4 Å². The summed E-state index contributed by atoms with van der Waals surface area (Å²) in [4.78, 5) is 40.3. The first-order valence-corrected chi connectivity index (χ1v) is 11.2. The zero-order chi connectivity index (χ0) is 21.3.